The van der Waals surface area contributed by atoms with Gasteiger partial charge in [-0.2, -0.15) is 13.5 Å². The number of fused-ring (bicyclic) bond motifs is 3. The van der Waals surface area contributed by atoms with E-state index in [1.54, 1.807) is 12.1 Å². The van der Waals surface area contributed by atoms with Gasteiger partial charge in [0.05, 0.1) is 4.90 Å². The van der Waals surface area contributed by atoms with Crippen LogP contribution in [0.5, 0.6) is 0 Å². The summed E-state index contributed by atoms with van der Waals surface area (Å²) in [6.07, 6.45) is 3.19. The molecule has 0 spiro atoms. The van der Waals surface area contributed by atoms with Gasteiger partial charge < -0.3 is 0 Å². The maximum Gasteiger partial charge on any atom is 0.276 e. The van der Waals surface area contributed by atoms with E-state index in [9.17, 15) is 8.42 Å². The fourth-order valence-electron chi connectivity index (χ4n) is 4.60. The van der Waals surface area contributed by atoms with Crippen molar-refractivity contribution in [2.75, 3.05) is 0 Å². The lowest BCUT2D eigenvalue weighted by Crippen LogP contribution is -2.34. The summed E-state index contributed by atoms with van der Waals surface area (Å²) in [5.74, 6) is 0.599. The predicted octanol–water partition coefficient (Wildman–Crippen LogP) is 4.32. The fourth-order valence-corrected chi connectivity index (χ4v) is 5.47. The van der Waals surface area contributed by atoms with Gasteiger partial charge in [-0.15, -0.1) is 0 Å². The second-order valence-electron chi connectivity index (χ2n) is 8.16. The molecule has 2 aliphatic carbocycles. The molecule has 132 valence electrons. The number of benzene rings is 2. The Kier molecular flexibility index (Phi) is 3.52. The highest BCUT2D eigenvalue weighted by Crippen LogP contribution is 2.63. The SMILES string of the molecule is CC1(C)[C@@H]2CC[C@]1(C)/C(=N/NS(=O)(=O)c1ccc3ccccc3c1)C2. The molecule has 25 heavy (non-hydrogen) atoms. The first kappa shape index (κ1) is 16.6. The zero-order valence-corrected chi connectivity index (χ0v) is 15.7. The minimum absolute atomic E-state index is 0.0103. The molecule has 2 aliphatic rings. The van der Waals surface area contributed by atoms with E-state index in [0.29, 0.717) is 5.92 Å². The summed E-state index contributed by atoms with van der Waals surface area (Å²) < 4.78 is 25.4. The zero-order chi connectivity index (χ0) is 17.9. The summed E-state index contributed by atoms with van der Waals surface area (Å²) in [6, 6.07) is 12.9. The van der Waals surface area contributed by atoms with Gasteiger partial charge in [-0.1, -0.05) is 51.1 Å². The smallest absolute Gasteiger partial charge is 0.200 e. The van der Waals surface area contributed by atoms with E-state index in [1.165, 1.54) is 6.42 Å². The molecular formula is C20H24N2O2S. The van der Waals surface area contributed by atoms with Gasteiger partial charge in [0.25, 0.3) is 10.0 Å². The van der Waals surface area contributed by atoms with Crippen molar-refractivity contribution in [3.05, 3.63) is 42.5 Å². The molecule has 4 nitrogen and oxygen atoms in total. The van der Waals surface area contributed by atoms with Crippen molar-refractivity contribution >= 4 is 26.5 Å². The molecule has 2 fully saturated rings. The summed E-state index contributed by atoms with van der Waals surface area (Å²) in [5, 5.41) is 6.31. The van der Waals surface area contributed by atoms with Crippen LogP contribution < -0.4 is 4.83 Å². The summed E-state index contributed by atoms with van der Waals surface area (Å²) in [7, 11) is -3.66. The third kappa shape index (κ3) is 2.40. The maximum absolute atomic E-state index is 12.7. The summed E-state index contributed by atoms with van der Waals surface area (Å²) in [4.78, 5) is 2.74. The first-order valence-corrected chi connectivity index (χ1v) is 10.3. The van der Waals surface area contributed by atoms with Crippen molar-refractivity contribution in [3.63, 3.8) is 0 Å². The Morgan fingerprint density at radius 2 is 1.80 bits per heavy atom. The molecule has 0 aliphatic heterocycles. The van der Waals surface area contributed by atoms with Crippen molar-refractivity contribution in [3.8, 4) is 0 Å². The molecule has 0 amide bonds. The molecule has 2 saturated carbocycles. The van der Waals surface area contributed by atoms with Crippen LogP contribution >= 0.6 is 0 Å². The number of hydrazone groups is 1. The number of hydrogen-bond donors (Lipinski definition) is 1. The van der Waals surface area contributed by atoms with Crippen molar-refractivity contribution < 1.29 is 8.42 Å². The number of nitrogens with one attached hydrogen (secondary N) is 1. The van der Waals surface area contributed by atoms with Crippen LogP contribution in [0.3, 0.4) is 0 Å². The standard InChI is InChI=1S/C20H24N2O2S/c1-19(2)16-10-11-20(19,3)18(13-16)21-22-25(23,24)17-9-8-14-6-4-5-7-15(14)12-17/h4-9,12,16,22H,10-11,13H2,1-3H3/b21-18+/t16-,20-/m1/s1. The Balaban J connectivity index is 1.64. The topological polar surface area (TPSA) is 58.5 Å². The van der Waals surface area contributed by atoms with E-state index in [-0.39, 0.29) is 15.7 Å². The lowest BCUT2D eigenvalue weighted by Gasteiger charge is -2.34. The van der Waals surface area contributed by atoms with Crippen molar-refractivity contribution in [2.45, 2.75) is 44.9 Å². The van der Waals surface area contributed by atoms with E-state index < -0.39 is 10.0 Å². The van der Waals surface area contributed by atoms with Crippen LogP contribution in [-0.4, -0.2) is 14.1 Å². The van der Waals surface area contributed by atoms with E-state index >= 15 is 0 Å². The second kappa shape index (κ2) is 5.31. The van der Waals surface area contributed by atoms with Crippen LogP contribution in [0.25, 0.3) is 10.8 Å². The van der Waals surface area contributed by atoms with E-state index in [2.05, 4.69) is 30.7 Å². The largest absolute Gasteiger partial charge is 0.276 e. The second-order valence-corrected chi connectivity index (χ2v) is 9.82. The molecule has 2 aromatic carbocycles. The van der Waals surface area contributed by atoms with Gasteiger partial charge in [0.15, 0.2) is 0 Å². The Labute approximate surface area is 149 Å². The lowest BCUT2D eigenvalue weighted by atomic mass is 9.70. The summed E-state index contributed by atoms with van der Waals surface area (Å²) >= 11 is 0. The van der Waals surface area contributed by atoms with Crippen molar-refractivity contribution in [2.24, 2.45) is 21.8 Å². The van der Waals surface area contributed by atoms with Gasteiger partial charge in [0, 0.05) is 11.1 Å². The summed E-state index contributed by atoms with van der Waals surface area (Å²) in [6.45, 7) is 6.79. The molecule has 0 saturated heterocycles. The number of hydrogen-bond acceptors (Lipinski definition) is 3. The van der Waals surface area contributed by atoms with Gasteiger partial charge >= 0.3 is 0 Å². The summed E-state index contributed by atoms with van der Waals surface area (Å²) in [5.41, 5.74) is 1.17. The average molecular weight is 356 g/mol. The molecule has 0 heterocycles. The van der Waals surface area contributed by atoms with Crippen molar-refractivity contribution in [1.29, 1.82) is 0 Å². The molecule has 4 rings (SSSR count). The van der Waals surface area contributed by atoms with Crippen LogP contribution in [0.1, 0.15) is 40.0 Å². The molecule has 2 bridgehead atoms. The normalized spacial score (nSPS) is 29.4. The van der Waals surface area contributed by atoms with Gasteiger partial charge in [-0.05, 0) is 53.5 Å². The third-order valence-corrected chi connectivity index (χ3v) is 8.05. The molecule has 5 heteroatoms. The molecular weight excluding hydrogens is 332 g/mol. The Bertz CT molecular complexity index is 978. The van der Waals surface area contributed by atoms with Crippen LogP contribution in [0.4, 0.5) is 0 Å². The van der Waals surface area contributed by atoms with Crippen LogP contribution in [0.2, 0.25) is 0 Å². The molecule has 0 radical (unpaired) electrons. The van der Waals surface area contributed by atoms with Gasteiger partial charge in [-0.3, -0.25) is 0 Å². The van der Waals surface area contributed by atoms with Gasteiger partial charge in [0.1, 0.15) is 0 Å². The minimum atomic E-state index is -3.66. The molecule has 2 aromatic rings. The number of nitrogens with zero attached hydrogens (tertiary/aromatic N) is 1. The van der Waals surface area contributed by atoms with E-state index in [0.717, 1.165) is 29.3 Å². The molecule has 1 N–H and O–H groups in total. The first-order valence-electron chi connectivity index (χ1n) is 8.82. The highest BCUT2D eigenvalue weighted by atomic mass is 32.2. The number of sulfonamides is 1. The molecule has 0 aromatic heterocycles. The quantitative estimate of drug-likeness (QED) is 0.833. The van der Waals surface area contributed by atoms with Crippen LogP contribution in [0.15, 0.2) is 52.5 Å². The lowest BCUT2D eigenvalue weighted by molar-refractivity contribution is 0.193. The third-order valence-electron chi connectivity index (χ3n) is 6.84. The van der Waals surface area contributed by atoms with Crippen LogP contribution in [0, 0.1) is 16.7 Å². The zero-order valence-electron chi connectivity index (χ0n) is 14.9. The van der Waals surface area contributed by atoms with E-state index in [1.807, 2.05) is 30.3 Å². The highest BCUT2D eigenvalue weighted by molar-refractivity contribution is 7.89. The van der Waals surface area contributed by atoms with Gasteiger partial charge in [0.2, 0.25) is 0 Å². The number of rotatable bonds is 3. The maximum atomic E-state index is 12.7. The highest BCUT2D eigenvalue weighted by Gasteiger charge is 2.60. The minimum Gasteiger partial charge on any atom is -0.200 e. The van der Waals surface area contributed by atoms with Crippen molar-refractivity contribution in [1.82, 2.24) is 4.83 Å². The van der Waals surface area contributed by atoms with Gasteiger partial charge in [-0.25, -0.2) is 4.83 Å². The average Bonchev–Trinajstić information content (AvgIpc) is 2.93. The van der Waals surface area contributed by atoms with E-state index in [4.69, 9.17) is 0 Å². The Morgan fingerprint density at radius 3 is 2.44 bits per heavy atom. The Hall–Kier alpha value is -1.88. The molecule has 0 unspecified atom stereocenters. The first-order chi connectivity index (χ1) is 11.7. The van der Waals surface area contributed by atoms with Crippen LogP contribution in [-0.2, 0) is 10.0 Å². The Morgan fingerprint density at radius 1 is 1.08 bits per heavy atom. The predicted molar refractivity (Wildman–Crippen MR) is 101 cm³/mol. The molecule has 2 atom stereocenters. The fraction of sp³-hybridized carbons (Fsp3) is 0.450. The monoisotopic (exact) mass is 356 g/mol.